The predicted octanol–water partition coefficient (Wildman–Crippen LogP) is 7.38. The molecular formula is C46H50N14O3S2. The van der Waals surface area contributed by atoms with Crippen LogP contribution in [0.25, 0.3) is 42.9 Å². The molecule has 4 aromatic heterocycles. The molecule has 0 aliphatic rings. The summed E-state index contributed by atoms with van der Waals surface area (Å²) >= 11 is 3.20. The van der Waals surface area contributed by atoms with Crippen molar-refractivity contribution in [3.8, 4) is 34.0 Å². The minimum absolute atomic E-state index is 0.140. The highest BCUT2D eigenvalue weighted by atomic mass is 32.1. The van der Waals surface area contributed by atoms with Gasteiger partial charge in [0.15, 0.2) is 0 Å². The van der Waals surface area contributed by atoms with Crippen LogP contribution in [0.5, 0.6) is 11.5 Å². The van der Waals surface area contributed by atoms with E-state index in [4.69, 9.17) is 29.4 Å². The Balaban J connectivity index is 0.918. The van der Waals surface area contributed by atoms with E-state index in [1.807, 2.05) is 120 Å². The number of anilines is 4. The number of methoxy groups -OCH3 is 2. The maximum absolute atomic E-state index is 14.3. The van der Waals surface area contributed by atoms with Gasteiger partial charge in [-0.2, -0.15) is 10.2 Å². The summed E-state index contributed by atoms with van der Waals surface area (Å²) in [4.78, 5) is 37.2. The van der Waals surface area contributed by atoms with Gasteiger partial charge >= 0.3 is 0 Å². The first kappa shape index (κ1) is 44.7. The van der Waals surface area contributed by atoms with Crippen molar-refractivity contribution in [3.63, 3.8) is 0 Å². The highest BCUT2D eigenvalue weighted by Crippen LogP contribution is 2.31. The Hall–Kier alpha value is -6.93. The molecule has 0 radical (unpaired) electrons. The minimum atomic E-state index is -0.535. The number of likely N-dealkylation sites (N-methyl/N-ethyl adjacent to an activating group) is 2. The SMILES string of the molecule is COc1ccc2sc(CNc3nncc(-c4ccc(NC(CN(C)C)C(C(=O)Nc5cc(C)c(-c6cnnc(NCc7nc8cc(OC)ccc8s7)n6)c(C)c5)N(C)C)cc4)n3)nc2c1. The molecule has 2 atom stereocenters. The van der Waals surface area contributed by atoms with Crippen LogP contribution in [0.15, 0.2) is 85.2 Å². The molecule has 8 aromatic rings. The van der Waals surface area contributed by atoms with Gasteiger partial charge in [-0.05, 0) is 102 Å². The van der Waals surface area contributed by atoms with Gasteiger partial charge in [0.2, 0.25) is 17.8 Å². The van der Waals surface area contributed by atoms with Gasteiger partial charge in [-0.15, -0.1) is 32.9 Å². The van der Waals surface area contributed by atoms with Crippen molar-refractivity contribution in [1.82, 2.24) is 50.1 Å². The lowest BCUT2D eigenvalue weighted by Gasteiger charge is -2.34. The van der Waals surface area contributed by atoms with Gasteiger partial charge in [0.25, 0.3) is 0 Å². The van der Waals surface area contributed by atoms with Gasteiger partial charge < -0.3 is 35.6 Å². The first-order valence-corrected chi connectivity index (χ1v) is 22.4. The molecule has 334 valence electrons. The summed E-state index contributed by atoms with van der Waals surface area (Å²) in [5.41, 5.74) is 8.33. The van der Waals surface area contributed by atoms with Gasteiger partial charge in [0.1, 0.15) is 27.6 Å². The zero-order valence-corrected chi connectivity index (χ0v) is 39.0. The Morgan fingerprint density at radius 2 is 1.22 bits per heavy atom. The number of hydrogen-bond acceptors (Lipinski definition) is 18. The molecule has 4 N–H and O–H groups in total. The monoisotopic (exact) mass is 910 g/mol. The molecule has 65 heavy (non-hydrogen) atoms. The van der Waals surface area contributed by atoms with E-state index in [1.165, 1.54) is 0 Å². The third-order valence-corrected chi connectivity index (χ3v) is 12.6. The number of fused-ring (bicyclic) bond motifs is 2. The summed E-state index contributed by atoms with van der Waals surface area (Å²) in [6.07, 6.45) is 3.29. The molecule has 2 unspecified atom stereocenters. The van der Waals surface area contributed by atoms with Gasteiger partial charge in [-0.3, -0.25) is 9.69 Å². The molecule has 0 saturated heterocycles. The van der Waals surface area contributed by atoms with Crippen LogP contribution in [0.1, 0.15) is 21.1 Å². The number of aromatic nitrogens is 8. The average molecular weight is 911 g/mol. The quantitative estimate of drug-likeness (QED) is 0.0666. The average Bonchev–Trinajstić information content (AvgIpc) is 3.90. The maximum Gasteiger partial charge on any atom is 0.243 e. The van der Waals surface area contributed by atoms with Crippen LogP contribution in [0.4, 0.5) is 23.3 Å². The van der Waals surface area contributed by atoms with E-state index in [1.54, 1.807) is 49.3 Å². The fourth-order valence-corrected chi connectivity index (χ4v) is 9.42. The van der Waals surface area contributed by atoms with E-state index in [9.17, 15) is 4.79 Å². The fraction of sp³-hybridized carbons (Fsp3) is 0.283. The van der Waals surface area contributed by atoms with Crippen LogP contribution in [-0.4, -0.2) is 117 Å². The molecule has 8 rings (SSSR count). The first-order chi connectivity index (χ1) is 31.4. The Kier molecular flexibility index (Phi) is 13.6. The number of carbonyl (C=O) groups excluding carboxylic acids is 1. The number of aryl methyl sites for hydroxylation is 2. The standard InChI is InChI=1S/C46H50N14O3S2/c1-26-17-30(18-27(2)42(26)36-22-50-58-46(56-36)48-24-41-54-34-20-32(63-8)14-16-39(34)65-41)52-44(61)43(60(5)6)37(25-59(3)4)51-29-11-9-28(10-12-29)35-21-49-57-45(55-35)47-23-40-53-33-19-31(62-7)13-15-38(33)64-40/h9-22,37,43,51H,23-25H2,1-8H3,(H,52,61)(H,47,55,57)(H,48,56,58). The zero-order valence-electron chi connectivity index (χ0n) is 37.4. The van der Waals surface area contributed by atoms with Crippen LogP contribution >= 0.6 is 22.7 Å². The van der Waals surface area contributed by atoms with E-state index in [0.717, 1.165) is 69.9 Å². The van der Waals surface area contributed by atoms with E-state index < -0.39 is 6.04 Å². The van der Waals surface area contributed by atoms with Crippen LogP contribution in [0.2, 0.25) is 0 Å². The van der Waals surface area contributed by atoms with Crippen molar-refractivity contribution < 1.29 is 14.3 Å². The van der Waals surface area contributed by atoms with Crippen molar-refractivity contribution >= 4 is 72.3 Å². The number of amides is 1. The Bertz CT molecular complexity index is 2920. The lowest BCUT2D eigenvalue weighted by atomic mass is 9.98. The van der Waals surface area contributed by atoms with Crippen molar-refractivity contribution in [2.75, 3.05) is 70.2 Å². The second-order valence-electron chi connectivity index (χ2n) is 15.9. The minimum Gasteiger partial charge on any atom is -0.497 e. The zero-order chi connectivity index (χ0) is 45.6. The number of hydrogen-bond donors (Lipinski definition) is 4. The molecular weight excluding hydrogens is 861 g/mol. The molecule has 4 aromatic carbocycles. The number of nitrogens with one attached hydrogen (secondary N) is 4. The van der Waals surface area contributed by atoms with Crippen molar-refractivity contribution in [2.45, 2.75) is 39.0 Å². The largest absolute Gasteiger partial charge is 0.497 e. The summed E-state index contributed by atoms with van der Waals surface area (Å²) in [6, 6.07) is 22.8. The maximum atomic E-state index is 14.3. The smallest absolute Gasteiger partial charge is 0.243 e. The van der Waals surface area contributed by atoms with E-state index in [-0.39, 0.29) is 11.9 Å². The van der Waals surface area contributed by atoms with E-state index in [0.29, 0.717) is 48.6 Å². The summed E-state index contributed by atoms with van der Waals surface area (Å²) in [5, 5.41) is 32.1. The number of thiazole rings is 2. The number of nitrogens with zero attached hydrogens (tertiary/aromatic N) is 10. The third-order valence-electron chi connectivity index (χ3n) is 10.5. The Labute approximate surface area is 384 Å². The van der Waals surface area contributed by atoms with Crippen LogP contribution in [-0.2, 0) is 17.9 Å². The predicted molar refractivity (Wildman–Crippen MR) is 259 cm³/mol. The lowest BCUT2D eigenvalue weighted by Crippen LogP contribution is -2.54. The molecule has 17 nitrogen and oxygen atoms in total. The normalized spacial score (nSPS) is 12.4. The Morgan fingerprint density at radius 1 is 0.677 bits per heavy atom. The van der Waals surface area contributed by atoms with E-state index in [2.05, 4.69) is 46.6 Å². The van der Waals surface area contributed by atoms with Crippen molar-refractivity contribution in [1.29, 1.82) is 0 Å². The lowest BCUT2D eigenvalue weighted by molar-refractivity contribution is -0.121. The summed E-state index contributed by atoms with van der Waals surface area (Å²) in [6.45, 7) is 5.50. The number of ether oxygens (including phenoxy) is 2. The van der Waals surface area contributed by atoms with E-state index >= 15 is 0 Å². The molecule has 1 amide bonds. The topological polar surface area (TPSA) is 193 Å². The molecule has 0 aliphatic heterocycles. The van der Waals surface area contributed by atoms with Gasteiger partial charge in [-0.1, -0.05) is 12.1 Å². The number of benzene rings is 4. The number of rotatable bonds is 18. The molecule has 0 fully saturated rings. The van der Waals surface area contributed by atoms with Crippen LogP contribution in [0, 0.1) is 13.8 Å². The molecule has 19 heteroatoms. The fourth-order valence-electron chi connectivity index (χ4n) is 7.64. The number of carbonyl (C=O) groups is 1. The third kappa shape index (κ3) is 10.7. The second-order valence-corrected chi connectivity index (χ2v) is 18.1. The molecule has 0 spiro atoms. The molecule has 0 aliphatic carbocycles. The van der Waals surface area contributed by atoms with Gasteiger partial charge in [-0.25, -0.2) is 19.9 Å². The van der Waals surface area contributed by atoms with Gasteiger partial charge in [0, 0.05) is 41.2 Å². The summed E-state index contributed by atoms with van der Waals surface area (Å²) in [5.74, 6) is 2.19. The van der Waals surface area contributed by atoms with Crippen molar-refractivity contribution in [2.24, 2.45) is 0 Å². The molecule has 0 bridgehead atoms. The molecule has 4 heterocycles. The highest BCUT2D eigenvalue weighted by molar-refractivity contribution is 7.18. The molecule has 0 saturated carbocycles. The first-order valence-electron chi connectivity index (χ1n) is 20.8. The Morgan fingerprint density at radius 3 is 1.74 bits per heavy atom. The van der Waals surface area contributed by atoms with Gasteiger partial charge in [0.05, 0.1) is 77.6 Å². The summed E-state index contributed by atoms with van der Waals surface area (Å²) in [7, 11) is 11.1. The van der Waals surface area contributed by atoms with Crippen molar-refractivity contribution in [3.05, 3.63) is 106 Å². The second kappa shape index (κ2) is 19.9. The highest BCUT2D eigenvalue weighted by Gasteiger charge is 2.31. The van der Waals surface area contributed by atoms with Crippen LogP contribution < -0.4 is 30.7 Å². The summed E-state index contributed by atoms with van der Waals surface area (Å²) < 4.78 is 12.8. The van der Waals surface area contributed by atoms with Crippen LogP contribution in [0.3, 0.4) is 0 Å².